The van der Waals surface area contributed by atoms with E-state index in [1.54, 1.807) is 0 Å². The fourth-order valence-electron chi connectivity index (χ4n) is 2.99. The van der Waals surface area contributed by atoms with Gasteiger partial charge in [0.25, 0.3) is 0 Å². The first-order valence-electron chi connectivity index (χ1n) is 6.83. The molecule has 2 aliphatic heterocycles. The van der Waals surface area contributed by atoms with Crippen molar-refractivity contribution in [2.45, 2.75) is 38.4 Å². The molecule has 0 radical (unpaired) electrons. The number of rotatable bonds is 4. The quantitative estimate of drug-likeness (QED) is 0.814. The van der Waals surface area contributed by atoms with Crippen LogP contribution in [0, 0.1) is 5.41 Å². The molecule has 0 bridgehead atoms. The van der Waals surface area contributed by atoms with Crippen molar-refractivity contribution in [2.75, 3.05) is 38.5 Å². The van der Waals surface area contributed by atoms with Gasteiger partial charge < -0.3 is 10.2 Å². The third-order valence-electron chi connectivity index (χ3n) is 4.32. The Morgan fingerprint density at radius 2 is 2.31 bits per heavy atom. The molecule has 0 saturated carbocycles. The fraction of sp³-hybridized carbons (Fsp3) is 1.00. The zero-order chi connectivity index (χ0) is 11.4. The van der Waals surface area contributed by atoms with Gasteiger partial charge in [0.05, 0.1) is 0 Å². The lowest BCUT2D eigenvalue weighted by Crippen LogP contribution is -2.45. The highest BCUT2D eigenvalue weighted by Gasteiger charge is 2.34. The van der Waals surface area contributed by atoms with Gasteiger partial charge in [0, 0.05) is 37.2 Å². The Hall–Kier alpha value is 0.270. The van der Waals surface area contributed by atoms with Crippen molar-refractivity contribution in [2.24, 2.45) is 5.41 Å². The van der Waals surface area contributed by atoms with Crippen LogP contribution in [0.5, 0.6) is 0 Å². The number of hydrogen-bond acceptors (Lipinski definition) is 3. The van der Waals surface area contributed by atoms with E-state index in [-0.39, 0.29) is 0 Å². The van der Waals surface area contributed by atoms with Gasteiger partial charge in [-0.1, -0.05) is 13.8 Å². The average molecular weight is 242 g/mol. The molecule has 0 amide bonds. The van der Waals surface area contributed by atoms with Crippen molar-refractivity contribution >= 4 is 11.8 Å². The fourth-order valence-corrected chi connectivity index (χ4v) is 4.24. The highest BCUT2D eigenvalue weighted by molar-refractivity contribution is 8.00. The number of nitrogens with one attached hydrogen (secondary N) is 1. The molecule has 0 aromatic heterocycles. The van der Waals surface area contributed by atoms with Gasteiger partial charge in [0.15, 0.2) is 0 Å². The first kappa shape index (κ1) is 12.7. The van der Waals surface area contributed by atoms with E-state index in [1.165, 1.54) is 57.7 Å². The van der Waals surface area contributed by atoms with Gasteiger partial charge in [-0.2, -0.15) is 11.8 Å². The normalized spacial score (nSPS) is 36.8. The molecule has 2 saturated heterocycles. The minimum absolute atomic E-state index is 0.584. The molecule has 2 atom stereocenters. The SMILES string of the molecule is CCC1CN(CC2(CC)CCNC2)CCS1. The topological polar surface area (TPSA) is 15.3 Å². The summed E-state index contributed by atoms with van der Waals surface area (Å²) in [5, 5.41) is 4.43. The highest BCUT2D eigenvalue weighted by atomic mass is 32.2. The van der Waals surface area contributed by atoms with Crippen molar-refractivity contribution in [1.29, 1.82) is 0 Å². The van der Waals surface area contributed by atoms with Gasteiger partial charge in [-0.15, -0.1) is 0 Å². The first-order chi connectivity index (χ1) is 7.78. The molecule has 0 aromatic rings. The van der Waals surface area contributed by atoms with Gasteiger partial charge in [-0.25, -0.2) is 0 Å². The van der Waals surface area contributed by atoms with E-state index in [9.17, 15) is 0 Å². The maximum absolute atomic E-state index is 3.55. The maximum Gasteiger partial charge on any atom is 0.0172 e. The van der Waals surface area contributed by atoms with Crippen LogP contribution >= 0.6 is 11.8 Å². The summed E-state index contributed by atoms with van der Waals surface area (Å²) >= 11 is 2.17. The molecule has 2 aliphatic rings. The molecule has 2 fully saturated rings. The molecular weight excluding hydrogens is 216 g/mol. The Labute approximate surface area is 105 Å². The largest absolute Gasteiger partial charge is 0.316 e. The second-order valence-corrected chi connectivity index (χ2v) is 6.82. The van der Waals surface area contributed by atoms with Gasteiger partial charge in [0.1, 0.15) is 0 Å². The molecule has 16 heavy (non-hydrogen) atoms. The standard InChI is InChI=1S/C13H26N2S/c1-3-12-9-15(7-8-16-12)11-13(4-2)5-6-14-10-13/h12,14H,3-11H2,1-2H3. The highest BCUT2D eigenvalue weighted by Crippen LogP contribution is 2.32. The number of thioether (sulfide) groups is 1. The van der Waals surface area contributed by atoms with Crippen molar-refractivity contribution in [3.8, 4) is 0 Å². The monoisotopic (exact) mass is 242 g/mol. The van der Waals surface area contributed by atoms with Gasteiger partial charge in [0.2, 0.25) is 0 Å². The summed E-state index contributed by atoms with van der Waals surface area (Å²) in [6.45, 7) is 11.1. The van der Waals surface area contributed by atoms with Crippen molar-refractivity contribution < 1.29 is 0 Å². The summed E-state index contributed by atoms with van der Waals surface area (Å²) < 4.78 is 0. The van der Waals surface area contributed by atoms with E-state index in [4.69, 9.17) is 0 Å². The third kappa shape index (κ3) is 2.93. The Morgan fingerprint density at radius 1 is 1.44 bits per heavy atom. The predicted molar refractivity (Wildman–Crippen MR) is 73.2 cm³/mol. The lowest BCUT2D eigenvalue weighted by atomic mass is 9.83. The third-order valence-corrected chi connectivity index (χ3v) is 5.69. The molecule has 0 aliphatic carbocycles. The van der Waals surface area contributed by atoms with Crippen LogP contribution in [-0.2, 0) is 0 Å². The van der Waals surface area contributed by atoms with E-state index in [1.807, 2.05) is 0 Å². The van der Waals surface area contributed by atoms with Crippen LogP contribution in [0.4, 0.5) is 0 Å². The Balaban J connectivity index is 1.87. The summed E-state index contributed by atoms with van der Waals surface area (Å²) in [6.07, 6.45) is 4.04. The summed E-state index contributed by atoms with van der Waals surface area (Å²) in [7, 11) is 0. The average Bonchev–Trinajstić information content (AvgIpc) is 2.78. The predicted octanol–water partition coefficient (Wildman–Crippen LogP) is 2.20. The van der Waals surface area contributed by atoms with Crippen molar-refractivity contribution in [1.82, 2.24) is 10.2 Å². The van der Waals surface area contributed by atoms with Crippen molar-refractivity contribution in [3.63, 3.8) is 0 Å². The summed E-state index contributed by atoms with van der Waals surface area (Å²) in [5.74, 6) is 1.34. The molecule has 94 valence electrons. The van der Waals surface area contributed by atoms with E-state index in [0.717, 1.165) is 5.25 Å². The molecule has 2 heterocycles. The molecule has 2 unspecified atom stereocenters. The van der Waals surface area contributed by atoms with Crippen LogP contribution in [0.15, 0.2) is 0 Å². The van der Waals surface area contributed by atoms with Gasteiger partial charge in [-0.3, -0.25) is 0 Å². The molecule has 0 spiro atoms. The number of nitrogens with zero attached hydrogens (tertiary/aromatic N) is 1. The van der Waals surface area contributed by atoms with Crippen LogP contribution in [0.1, 0.15) is 33.1 Å². The zero-order valence-corrected chi connectivity index (χ0v) is 11.6. The van der Waals surface area contributed by atoms with Crippen LogP contribution in [-0.4, -0.2) is 48.6 Å². The van der Waals surface area contributed by atoms with Crippen molar-refractivity contribution in [3.05, 3.63) is 0 Å². The van der Waals surface area contributed by atoms with E-state index < -0.39 is 0 Å². The van der Waals surface area contributed by atoms with E-state index in [2.05, 4.69) is 35.8 Å². The van der Waals surface area contributed by atoms with E-state index in [0.29, 0.717) is 5.41 Å². The van der Waals surface area contributed by atoms with Gasteiger partial charge >= 0.3 is 0 Å². The molecular formula is C13H26N2S. The lowest BCUT2D eigenvalue weighted by Gasteiger charge is -2.38. The Bertz CT molecular complexity index is 214. The summed E-state index contributed by atoms with van der Waals surface area (Å²) in [5.41, 5.74) is 0.584. The molecule has 2 nitrogen and oxygen atoms in total. The molecule has 1 N–H and O–H groups in total. The maximum atomic E-state index is 3.55. The Morgan fingerprint density at radius 3 is 2.94 bits per heavy atom. The minimum Gasteiger partial charge on any atom is -0.316 e. The second-order valence-electron chi connectivity index (χ2n) is 5.42. The molecule has 2 rings (SSSR count). The smallest absolute Gasteiger partial charge is 0.0172 e. The van der Waals surface area contributed by atoms with Crippen LogP contribution < -0.4 is 5.32 Å². The van der Waals surface area contributed by atoms with Crippen LogP contribution in [0.2, 0.25) is 0 Å². The van der Waals surface area contributed by atoms with Gasteiger partial charge in [-0.05, 0) is 31.2 Å². The van der Waals surface area contributed by atoms with E-state index >= 15 is 0 Å². The molecule has 3 heteroatoms. The zero-order valence-electron chi connectivity index (χ0n) is 10.8. The van der Waals surface area contributed by atoms with Crippen LogP contribution in [0.3, 0.4) is 0 Å². The first-order valence-corrected chi connectivity index (χ1v) is 7.87. The summed E-state index contributed by atoms with van der Waals surface area (Å²) in [6, 6.07) is 0. The molecule has 0 aromatic carbocycles. The minimum atomic E-state index is 0.584. The lowest BCUT2D eigenvalue weighted by molar-refractivity contribution is 0.161. The summed E-state index contributed by atoms with van der Waals surface area (Å²) in [4.78, 5) is 2.72. The Kier molecular flexibility index (Phi) is 4.57. The number of hydrogen-bond donors (Lipinski definition) is 1. The van der Waals surface area contributed by atoms with Crippen LogP contribution in [0.25, 0.3) is 0 Å². The second kappa shape index (κ2) is 5.74.